The molecule has 1 aromatic rings. The molecule has 0 saturated heterocycles. The Morgan fingerprint density at radius 2 is 2.44 bits per heavy atom. The van der Waals surface area contributed by atoms with Crippen LogP contribution in [0.5, 0.6) is 5.75 Å². The topological polar surface area (TPSA) is 34.2 Å². The Morgan fingerprint density at radius 3 is 3.06 bits per heavy atom. The Kier molecular flexibility index (Phi) is 5.38. The summed E-state index contributed by atoms with van der Waals surface area (Å²) in [5.74, 6) is 3.48. The van der Waals surface area contributed by atoms with Gasteiger partial charge in [0.25, 0.3) is 0 Å². The maximum absolute atomic E-state index is 5.29. The van der Waals surface area contributed by atoms with Gasteiger partial charge in [0.05, 0.1) is 13.3 Å². The van der Waals surface area contributed by atoms with Gasteiger partial charge in [0.1, 0.15) is 5.75 Å². The van der Waals surface area contributed by atoms with E-state index >= 15 is 0 Å². The molecule has 0 bridgehead atoms. The number of hydrogen-bond acceptors (Lipinski definition) is 3. The summed E-state index contributed by atoms with van der Waals surface area (Å²) in [7, 11) is 3.61. The van der Waals surface area contributed by atoms with Gasteiger partial charge in [-0.25, -0.2) is 0 Å². The van der Waals surface area contributed by atoms with E-state index in [9.17, 15) is 0 Å². The summed E-state index contributed by atoms with van der Waals surface area (Å²) in [6.07, 6.45) is 11.6. The zero-order valence-corrected chi connectivity index (χ0v) is 9.86. The minimum absolute atomic E-state index is 0.270. The van der Waals surface area contributed by atoms with Crippen molar-refractivity contribution in [1.82, 2.24) is 10.3 Å². The Balaban J connectivity index is 2.74. The molecule has 1 rings (SSSR count). The fourth-order valence-corrected chi connectivity index (χ4v) is 1.71. The zero-order valence-electron chi connectivity index (χ0n) is 9.86. The number of nitrogens with one attached hydrogen (secondary N) is 1. The fraction of sp³-hybridized carbons (Fsp3) is 0.462. The molecule has 3 heteroatoms. The van der Waals surface area contributed by atoms with Gasteiger partial charge < -0.3 is 10.1 Å². The van der Waals surface area contributed by atoms with E-state index in [1.807, 2.05) is 13.1 Å². The van der Waals surface area contributed by atoms with Gasteiger partial charge in [-0.2, -0.15) is 0 Å². The summed E-state index contributed by atoms with van der Waals surface area (Å²) in [6.45, 7) is 0. The first-order valence-corrected chi connectivity index (χ1v) is 5.42. The molecule has 1 heterocycles. The SMILES string of the molecule is C#CCCCC(NC)c1ccncc1OC. The highest BCUT2D eigenvalue weighted by Crippen LogP contribution is 2.26. The van der Waals surface area contributed by atoms with E-state index in [0.717, 1.165) is 30.6 Å². The Bertz CT molecular complexity index is 357. The van der Waals surface area contributed by atoms with Crippen LogP contribution in [0.25, 0.3) is 0 Å². The lowest BCUT2D eigenvalue weighted by atomic mass is 10.0. The maximum atomic E-state index is 5.29. The summed E-state index contributed by atoms with van der Waals surface area (Å²) in [5.41, 5.74) is 1.14. The monoisotopic (exact) mass is 218 g/mol. The minimum atomic E-state index is 0.270. The smallest absolute Gasteiger partial charge is 0.141 e. The highest BCUT2D eigenvalue weighted by Gasteiger charge is 2.13. The van der Waals surface area contributed by atoms with E-state index in [4.69, 9.17) is 11.2 Å². The summed E-state index contributed by atoms with van der Waals surface area (Å²) >= 11 is 0. The molecule has 1 N–H and O–H groups in total. The van der Waals surface area contributed by atoms with Gasteiger partial charge in [0, 0.05) is 24.2 Å². The van der Waals surface area contributed by atoms with Gasteiger partial charge in [0.2, 0.25) is 0 Å². The molecule has 0 aliphatic rings. The van der Waals surface area contributed by atoms with E-state index in [1.165, 1.54) is 0 Å². The maximum Gasteiger partial charge on any atom is 0.141 e. The van der Waals surface area contributed by atoms with Crippen molar-refractivity contribution < 1.29 is 4.74 Å². The second-order valence-corrected chi connectivity index (χ2v) is 3.56. The lowest BCUT2D eigenvalue weighted by Crippen LogP contribution is -2.17. The fourth-order valence-electron chi connectivity index (χ4n) is 1.71. The highest BCUT2D eigenvalue weighted by atomic mass is 16.5. The Hall–Kier alpha value is -1.53. The average Bonchev–Trinajstić information content (AvgIpc) is 2.35. The van der Waals surface area contributed by atoms with Crippen LogP contribution in [0.2, 0.25) is 0 Å². The van der Waals surface area contributed by atoms with Crippen molar-refractivity contribution in [2.45, 2.75) is 25.3 Å². The third-order valence-corrected chi connectivity index (χ3v) is 2.57. The van der Waals surface area contributed by atoms with Crippen LogP contribution in [-0.2, 0) is 0 Å². The molecule has 0 aliphatic heterocycles. The third-order valence-electron chi connectivity index (χ3n) is 2.57. The number of ether oxygens (including phenoxy) is 1. The van der Waals surface area contributed by atoms with E-state index in [-0.39, 0.29) is 6.04 Å². The number of terminal acetylenes is 1. The first-order chi connectivity index (χ1) is 7.83. The lowest BCUT2D eigenvalue weighted by molar-refractivity contribution is 0.396. The number of nitrogens with zero attached hydrogens (tertiary/aromatic N) is 1. The van der Waals surface area contributed by atoms with Gasteiger partial charge in [-0.05, 0) is 26.0 Å². The molecule has 16 heavy (non-hydrogen) atoms. The van der Waals surface area contributed by atoms with Crippen molar-refractivity contribution in [2.75, 3.05) is 14.2 Å². The molecule has 1 aromatic heterocycles. The molecule has 0 saturated carbocycles. The second kappa shape index (κ2) is 6.86. The first-order valence-electron chi connectivity index (χ1n) is 5.42. The van der Waals surface area contributed by atoms with Crippen LogP contribution < -0.4 is 10.1 Å². The van der Waals surface area contributed by atoms with Crippen LogP contribution in [0, 0.1) is 12.3 Å². The number of unbranched alkanes of at least 4 members (excludes halogenated alkanes) is 1. The third kappa shape index (κ3) is 3.25. The predicted octanol–water partition coefficient (Wildman–Crippen LogP) is 2.15. The van der Waals surface area contributed by atoms with Crippen LogP contribution in [0.15, 0.2) is 18.5 Å². The molecule has 0 aliphatic carbocycles. The van der Waals surface area contributed by atoms with E-state index in [2.05, 4.69) is 16.2 Å². The number of aromatic nitrogens is 1. The molecular formula is C13H18N2O. The van der Waals surface area contributed by atoms with E-state index < -0.39 is 0 Å². The minimum Gasteiger partial charge on any atom is -0.495 e. The van der Waals surface area contributed by atoms with Gasteiger partial charge in [-0.15, -0.1) is 12.3 Å². The van der Waals surface area contributed by atoms with Crippen molar-refractivity contribution in [3.63, 3.8) is 0 Å². The highest BCUT2D eigenvalue weighted by molar-refractivity contribution is 5.32. The van der Waals surface area contributed by atoms with Gasteiger partial charge in [-0.1, -0.05) is 0 Å². The normalized spacial score (nSPS) is 11.8. The second-order valence-electron chi connectivity index (χ2n) is 3.56. The average molecular weight is 218 g/mol. The molecule has 0 fully saturated rings. The summed E-state index contributed by atoms with van der Waals surface area (Å²) in [6, 6.07) is 2.25. The molecule has 1 unspecified atom stereocenters. The quantitative estimate of drug-likeness (QED) is 0.587. The first kappa shape index (κ1) is 12.5. The number of methoxy groups -OCH3 is 1. The molecule has 0 aromatic carbocycles. The summed E-state index contributed by atoms with van der Waals surface area (Å²) in [4.78, 5) is 4.04. The lowest BCUT2D eigenvalue weighted by Gasteiger charge is -2.18. The standard InChI is InChI=1S/C13H18N2O/c1-4-5-6-7-12(14-2)11-8-9-15-10-13(11)16-3/h1,8-10,12,14H,5-7H2,2-3H3. The summed E-state index contributed by atoms with van der Waals surface area (Å²) in [5, 5.41) is 3.28. The van der Waals surface area contributed by atoms with E-state index in [0.29, 0.717) is 0 Å². The van der Waals surface area contributed by atoms with Crippen molar-refractivity contribution in [3.05, 3.63) is 24.0 Å². The number of hydrogen-bond donors (Lipinski definition) is 1. The van der Waals surface area contributed by atoms with Gasteiger partial charge in [0.15, 0.2) is 0 Å². The van der Waals surface area contributed by atoms with Crippen molar-refractivity contribution >= 4 is 0 Å². The molecular weight excluding hydrogens is 200 g/mol. The van der Waals surface area contributed by atoms with Crippen LogP contribution in [0.1, 0.15) is 30.9 Å². The van der Waals surface area contributed by atoms with Crippen LogP contribution in [-0.4, -0.2) is 19.1 Å². The Labute approximate surface area is 97.2 Å². The summed E-state index contributed by atoms with van der Waals surface area (Å²) < 4.78 is 5.29. The van der Waals surface area contributed by atoms with Crippen LogP contribution in [0.4, 0.5) is 0 Å². The molecule has 86 valence electrons. The Morgan fingerprint density at radius 1 is 1.62 bits per heavy atom. The molecule has 0 spiro atoms. The number of rotatable bonds is 6. The molecule has 0 amide bonds. The predicted molar refractivity (Wildman–Crippen MR) is 65.3 cm³/mol. The van der Waals surface area contributed by atoms with Crippen molar-refractivity contribution in [3.8, 4) is 18.1 Å². The zero-order chi connectivity index (χ0) is 11.8. The molecule has 0 radical (unpaired) electrons. The largest absolute Gasteiger partial charge is 0.495 e. The number of pyridine rings is 1. The van der Waals surface area contributed by atoms with Crippen molar-refractivity contribution in [2.24, 2.45) is 0 Å². The van der Waals surface area contributed by atoms with E-state index in [1.54, 1.807) is 19.5 Å². The van der Waals surface area contributed by atoms with Crippen LogP contribution >= 0.6 is 0 Å². The van der Waals surface area contributed by atoms with Gasteiger partial charge >= 0.3 is 0 Å². The van der Waals surface area contributed by atoms with Crippen molar-refractivity contribution in [1.29, 1.82) is 0 Å². The van der Waals surface area contributed by atoms with Gasteiger partial charge in [-0.3, -0.25) is 4.98 Å². The molecule has 3 nitrogen and oxygen atoms in total. The van der Waals surface area contributed by atoms with Crippen LogP contribution in [0.3, 0.4) is 0 Å². The molecule has 1 atom stereocenters.